The van der Waals surface area contributed by atoms with E-state index in [1.807, 2.05) is 13.8 Å². The summed E-state index contributed by atoms with van der Waals surface area (Å²) in [4.78, 5) is 24.0. The van der Waals surface area contributed by atoms with E-state index in [0.29, 0.717) is 13.1 Å². The van der Waals surface area contributed by atoms with E-state index in [-0.39, 0.29) is 17.4 Å². The number of hydrogen-bond donors (Lipinski definition) is 1. The molecule has 1 rings (SSSR count). The minimum absolute atomic E-state index is 0.0766. The van der Waals surface area contributed by atoms with Crippen LogP contribution in [0, 0.1) is 0 Å². The Hall–Kier alpha value is -1.78. The highest BCUT2D eigenvalue weighted by Gasteiger charge is 2.19. The van der Waals surface area contributed by atoms with E-state index in [0.717, 1.165) is 6.42 Å². The SMILES string of the molecule is CCCN(CC)C(=O)c1ccc(C(=O)O)o1. The van der Waals surface area contributed by atoms with Crippen molar-refractivity contribution >= 4 is 11.9 Å². The third-order valence-corrected chi connectivity index (χ3v) is 2.19. The van der Waals surface area contributed by atoms with Gasteiger partial charge in [-0.25, -0.2) is 4.79 Å². The van der Waals surface area contributed by atoms with Crippen molar-refractivity contribution < 1.29 is 19.1 Å². The van der Waals surface area contributed by atoms with Crippen LogP contribution in [-0.4, -0.2) is 35.0 Å². The summed E-state index contributed by atoms with van der Waals surface area (Å²) < 4.78 is 4.95. The molecule has 0 aliphatic rings. The van der Waals surface area contributed by atoms with E-state index in [1.165, 1.54) is 12.1 Å². The van der Waals surface area contributed by atoms with Crippen LogP contribution in [0.3, 0.4) is 0 Å². The lowest BCUT2D eigenvalue weighted by Crippen LogP contribution is -2.31. The molecule has 1 N–H and O–H groups in total. The largest absolute Gasteiger partial charge is 0.475 e. The van der Waals surface area contributed by atoms with Crippen LogP contribution in [0.4, 0.5) is 0 Å². The average Bonchev–Trinajstić information content (AvgIpc) is 2.74. The van der Waals surface area contributed by atoms with Gasteiger partial charge in [0.2, 0.25) is 5.76 Å². The van der Waals surface area contributed by atoms with Crippen LogP contribution < -0.4 is 0 Å². The zero-order valence-electron chi connectivity index (χ0n) is 9.40. The summed E-state index contributed by atoms with van der Waals surface area (Å²) >= 11 is 0. The number of carbonyl (C=O) groups is 2. The van der Waals surface area contributed by atoms with Gasteiger partial charge in [0, 0.05) is 13.1 Å². The fourth-order valence-electron chi connectivity index (χ4n) is 1.40. The van der Waals surface area contributed by atoms with Gasteiger partial charge in [-0.15, -0.1) is 0 Å². The van der Waals surface area contributed by atoms with Gasteiger partial charge in [-0.3, -0.25) is 4.79 Å². The number of carboxylic acid groups (broad SMARTS) is 1. The summed E-state index contributed by atoms with van der Waals surface area (Å²) in [6, 6.07) is 2.68. The van der Waals surface area contributed by atoms with Crippen molar-refractivity contribution in [1.82, 2.24) is 4.90 Å². The average molecular weight is 225 g/mol. The third-order valence-electron chi connectivity index (χ3n) is 2.19. The van der Waals surface area contributed by atoms with Crippen molar-refractivity contribution in [3.05, 3.63) is 23.7 Å². The van der Waals surface area contributed by atoms with Crippen LogP contribution in [0.2, 0.25) is 0 Å². The molecule has 1 aromatic heterocycles. The van der Waals surface area contributed by atoms with Crippen LogP contribution >= 0.6 is 0 Å². The molecule has 0 aliphatic heterocycles. The first-order valence-corrected chi connectivity index (χ1v) is 5.22. The summed E-state index contributed by atoms with van der Waals surface area (Å²) in [7, 11) is 0. The number of aromatic carboxylic acids is 1. The zero-order chi connectivity index (χ0) is 12.1. The number of carbonyl (C=O) groups excluding carboxylic acids is 1. The van der Waals surface area contributed by atoms with Crippen LogP contribution in [0.5, 0.6) is 0 Å². The highest BCUT2D eigenvalue weighted by atomic mass is 16.4. The summed E-state index contributed by atoms with van der Waals surface area (Å²) in [5.74, 6) is -1.57. The standard InChI is InChI=1S/C11H15NO4/c1-3-7-12(4-2)10(13)8-5-6-9(16-8)11(14)15/h5-6H,3-4,7H2,1-2H3,(H,14,15). The molecule has 1 heterocycles. The molecule has 0 aromatic carbocycles. The van der Waals surface area contributed by atoms with Crippen molar-refractivity contribution in [2.45, 2.75) is 20.3 Å². The van der Waals surface area contributed by atoms with E-state index < -0.39 is 5.97 Å². The molecular formula is C11H15NO4. The highest BCUT2D eigenvalue weighted by Crippen LogP contribution is 2.11. The Morgan fingerprint density at radius 2 is 1.94 bits per heavy atom. The van der Waals surface area contributed by atoms with Crippen molar-refractivity contribution in [2.24, 2.45) is 0 Å². The summed E-state index contributed by atoms with van der Waals surface area (Å²) in [5, 5.41) is 8.66. The number of nitrogens with zero attached hydrogens (tertiary/aromatic N) is 1. The Morgan fingerprint density at radius 1 is 1.31 bits per heavy atom. The molecule has 0 atom stereocenters. The number of amides is 1. The normalized spacial score (nSPS) is 10.1. The molecule has 0 radical (unpaired) electrons. The van der Waals surface area contributed by atoms with E-state index in [9.17, 15) is 9.59 Å². The monoisotopic (exact) mass is 225 g/mol. The Morgan fingerprint density at radius 3 is 2.38 bits per heavy atom. The molecule has 16 heavy (non-hydrogen) atoms. The molecule has 5 nitrogen and oxygen atoms in total. The minimum atomic E-state index is -1.17. The number of furan rings is 1. The molecule has 0 saturated heterocycles. The topological polar surface area (TPSA) is 70.8 Å². The van der Waals surface area contributed by atoms with Crippen LogP contribution in [0.15, 0.2) is 16.5 Å². The van der Waals surface area contributed by atoms with E-state index >= 15 is 0 Å². The molecule has 0 aliphatic carbocycles. The van der Waals surface area contributed by atoms with Crippen molar-refractivity contribution in [1.29, 1.82) is 0 Å². The van der Waals surface area contributed by atoms with Crippen LogP contribution in [0.1, 0.15) is 41.4 Å². The van der Waals surface area contributed by atoms with Crippen molar-refractivity contribution in [2.75, 3.05) is 13.1 Å². The van der Waals surface area contributed by atoms with Gasteiger partial charge in [0.15, 0.2) is 5.76 Å². The van der Waals surface area contributed by atoms with Gasteiger partial charge in [-0.2, -0.15) is 0 Å². The molecule has 88 valence electrons. The number of rotatable bonds is 5. The lowest BCUT2D eigenvalue weighted by Gasteiger charge is -2.18. The molecule has 1 amide bonds. The quantitative estimate of drug-likeness (QED) is 0.830. The zero-order valence-corrected chi connectivity index (χ0v) is 9.40. The Labute approximate surface area is 93.7 Å². The maximum atomic E-state index is 11.8. The van der Waals surface area contributed by atoms with Gasteiger partial charge in [0.25, 0.3) is 5.91 Å². The fraction of sp³-hybridized carbons (Fsp3) is 0.455. The Kier molecular flexibility index (Phi) is 4.10. The summed E-state index contributed by atoms with van der Waals surface area (Å²) in [6.45, 7) is 5.06. The molecule has 0 spiro atoms. The highest BCUT2D eigenvalue weighted by molar-refractivity contribution is 5.93. The third kappa shape index (κ3) is 2.62. The van der Waals surface area contributed by atoms with Crippen molar-refractivity contribution in [3.8, 4) is 0 Å². The van der Waals surface area contributed by atoms with Gasteiger partial charge in [-0.05, 0) is 25.5 Å². The van der Waals surface area contributed by atoms with Gasteiger partial charge < -0.3 is 14.4 Å². The minimum Gasteiger partial charge on any atom is -0.475 e. The smallest absolute Gasteiger partial charge is 0.371 e. The molecule has 0 bridgehead atoms. The van der Waals surface area contributed by atoms with Crippen LogP contribution in [0.25, 0.3) is 0 Å². The lowest BCUT2D eigenvalue weighted by atomic mass is 10.3. The predicted molar refractivity (Wildman–Crippen MR) is 57.5 cm³/mol. The number of carboxylic acids is 1. The second-order valence-corrected chi connectivity index (χ2v) is 3.35. The molecular weight excluding hydrogens is 210 g/mol. The molecule has 5 heteroatoms. The van der Waals surface area contributed by atoms with E-state index in [2.05, 4.69) is 0 Å². The van der Waals surface area contributed by atoms with E-state index in [1.54, 1.807) is 4.90 Å². The molecule has 0 fully saturated rings. The van der Waals surface area contributed by atoms with Gasteiger partial charge in [0.05, 0.1) is 0 Å². The maximum absolute atomic E-state index is 11.8. The van der Waals surface area contributed by atoms with E-state index in [4.69, 9.17) is 9.52 Å². The first-order chi connectivity index (χ1) is 7.60. The summed E-state index contributed by atoms with van der Waals surface area (Å²) in [6.07, 6.45) is 0.853. The van der Waals surface area contributed by atoms with Gasteiger partial charge >= 0.3 is 5.97 Å². The second-order valence-electron chi connectivity index (χ2n) is 3.35. The lowest BCUT2D eigenvalue weighted by molar-refractivity contribution is 0.0651. The maximum Gasteiger partial charge on any atom is 0.371 e. The Bertz CT molecular complexity index is 383. The van der Waals surface area contributed by atoms with Gasteiger partial charge in [0.1, 0.15) is 0 Å². The first-order valence-electron chi connectivity index (χ1n) is 5.22. The van der Waals surface area contributed by atoms with Gasteiger partial charge in [-0.1, -0.05) is 6.92 Å². The predicted octanol–water partition coefficient (Wildman–Crippen LogP) is 1.85. The van der Waals surface area contributed by atoms with Crippen LogP contribution in [-0.2, 0) is 0 Å². The summed E-state index contributed by atoms with van der Waals surface area (Å²) in [5.41, 5.74) is 0. The molecule has 1 aromatic rings. The second kappa shape index (κ2) is 5.34. The first kappa shape index (κ1) is 12.3. The molecule has 0 unspecified atom stereocenters. The Balaban J connectivity index is 2.82. The van der Waals surface area contributed by atoms with Crippen molar-refractivity contribution in [3.63, 3.8) is 0 Å². The number of hydrogen-bond acceptors (Lipinski definition) is 3. The fourth-order valence-corrected chi connectivity index (χ4v) is 1.40. The molecule has 0 saturated carbocycles.